The summed E-state index contributed by atoms with van der Waals surface area (Å²) in [6, 6.07) is 0. The summed E-state index contributed by atoms with van der Waals surface area (Å²) in [5.74, 6) is -0.603. The second-order valence-corrected chi connectivity index (χ2v) is 3.05. The highest BCUT2D eigenvalue weighted by molar-refractivity contribution is 4.89. The standard InChI is InChI=1S/C8H14O3/c1-2-5-9-8-7(11-8)4-3-6-10-8/h7H,2-6H2,1H3. The molecule has 0 N–H and O–H groups in total. The molecule has 64 valence electrons. The molecule has 2 rings (SSSR count). The lowest BCUT2D eigenvalue weighted by Gasteiger charge is -2.17. The normalized spacial score (nSPS) is 41.7. The van der Waals surface area contributed by atoms with Crippen molar-refractivity contribution in [3.8, 4) is 0 Å². The van der Waals surface area contributed by atoms with Crippen LogP contribution in [0, 0.1) is 0 Å². The number of ether oxygens (including phenoxy) is 3. The molecule has 2 fully saturated rings. The summed E-state index contributed by atoms with van der Waals surface area (Å²) < 4.78 is 16.2. The quantitative estimate of drug-likeness (QED) is 0.580. The minimum Gasteiger partial charge on any atom is -0.325 e. The van der Waals surface area contributed by atoms with Crippen molar-refractivity contribution < 1.29 is 14.2 Å². The van der Waals surface area contributed by atoms with Gasteiger partial charge in [-0.05, 0) is 19.3 Å². The van der Waals surface area contributed by atoms with Crippen molar-refractivity contribution >= 4 is 0 Å². The van der Waals surface area contributed by atoms with Crippen LogP contribution >= 0.6 is 0 Å². The van der Waals surface area contributed by atoms with Gasteiger partial charge in [0.25, 0.3) is 0 Å². The Morgan fingerprint density at radius 1 is 1.64 bits per heavy atom. The molecule has 0 saturated carbocycles. The van der Waals surface area contributed by atoms with E-state index in [4.69, 9.17) is 14.2 Å². The fourth-order valence-corrected chi connectivity index (χ4v) is 1.42. The van der Waals surface area contributed by atoms with Crippen molar-refractivity contribution in [3.05, 3.63) is 0 Å². The zero-order valence-corrected chi connectivity index (χ0v) is 6.84. The Bertz CT molecular complexity index is 148. The molecule has 2 atom stereocenters. The molecule has 2 heterocycles. The molecule has 0 aromatic rings. The van der Waals surface area contributed by atoms with Gasteiger partial charge in [0, 0.05) is 0 Å². The van der Waals surface area contributed by atoms with Crippen LogP contribution in [-0.4, -0.2) is 25.3 Å². The van der Waals surface area contributed by atoms with Gasteiger partial charge >= 0.3 is 5.97 Å². The van der Waals surface area contributed by atoms with Crippen molar-refractivity contribution in [1.29, 1.82) is 0 Å². The van der Waals surface area contributed by atoms with Crippen LogP contribution in [0.2, 0.25) is 0 Å². The van der Waals surface area contributed by atoms with Crippen molar-refractivity contribution in [2.45, 2.75) is 38.3 Å². The van der Waals surface area contributed by atoms with Crippen LogP contribution < -0.4 is 0 Å². The SMILES string of the molecule is CCCOC12OCCCC1O2. The van der Waals surface area contributed by atoms with Gasteiger partial charge in [-0.2, -0.15) is 0 Å². The zero-order chi connectivity index (χ0) is 7.73. The lowest BCUT2D eigenvalue weighted by Crippen LogP contribution is -2.28. The van der Waals surface area contributed by atoms with Crippen LogP contribution in [0.1, 0.15) is 26.2 Å². The third-order valence-corrected chi connectivity index (χ3v) is 2.06. The van der Waals surface area contributed by atoms with Gasteiger partial charge in [-0.1, -0.05) is 6.92 Å². The van der Waals surface area contributed by atoms with E-state index in [9.17, 15) is 0 Å². The highest BCUT2D eigenvalue weighted by atomic mass is 17.0. The Balaban J connectivity index is 1.82. The van der Waals surface area contributed by atoms with Crippen LogP contribution in [0.15, 0.2) is 0 Å². The first-order valence-corrected chi connectivity index (χ1v) is 4.33. The van der Waals surface area contributed by atoms with Gasteiger partial charge < -0.3 is 14.2 Å². The van der Waals surface area contributed by atoms with E-state index in [1.807, 2.05) is 0 Å². The second kappa shape index (κ2) is 2.73. The molecular weight excluding hydrogens is 144 g/mol. The lowest BCUT2D eigenvalue weighted by atomic mass is 10.2. The summed E-state index contributed by atoms with van der Waals surface area (Å²) in [6.45, 7) is 3.59. The van der Waals surface area contributed by atoms with Gasteiger partial charge in [0.05, 0.1) is 13.2 Å². The van der Waals surface area contributed by atoms with Gasteiger partial charge in [-0.15, -0.1) is 0 Å². The molecule has 3 heteroatoms. The third kappa shape index (κ3) is 1.28. The summed E-state index contributed by atoms with van der Waals surface area (Å²) in [4.78, 5) is 0. The van der Waals surface area contributed by atoms with Crippen LogP contribution in [0.3, 0.4) is 0 Å². The number of fused-ring (bicyclic) bond motifs is 1. The van der Waals surface area contributed by atoms with E-state index in [2.05, 4.69) is 6.92 Å². The molecule has 0 aliphatic carbocycles. The highest BCUT2D eigenvalue weighted by Crippen LogP contribution is 2.44. The maximum atomic E-state index is 5.45. The van der Waals surface area contributed by atoms with Gasteiger partial charge in [0.15, 0.2) is 0 Å². The van der Waals surface area contributed by atoms with E-state index >= 15 is 0 Å². The maximum absolute atomic E-state index is 5.45. The van der Waals surface area contributed by atoms with Gasteiger partial charge in [-0.25, -0.2) is 0 Å². The molecule has 11 heavy (non-hydrogen) atoms. The predicted molar refractivity (Wildman–Crippen MR) is 39.0 cm³/mol. The highest BCUT2D eigenvalue weighted by Gasteiger charge is 2.61. The third-order valence-electron chi connectivity index (χ3n) is 2.06. The average Bonchev–Trinajstić information content (AvgIpc) is 2.75. The van der Waals surface area contributed by atoms with Crippen molar-refractivity contribution in [2.24, 2.45) is 0 Å². The Labute approximate surface area is 66.6 Å². The zero-order valence-electron chi connectivity index (χ0n) is 6.84. The Morgan fingerprint density at radius 3 is 3.27 bits per heavy atom. The molecule has 2 aliphatic heterocycles. The topological polar surface area (TPSA) is 31.0 Å². The first kappa shape index (κ1) is 7.53. The minimum absolute atomic E-state index is 0.225. The molecule has 3 nitrogen and oxygen atoms in total. The van der Waals surface area contributed by atoms with Gasteiger partial charge in [0.2, 0.25) is 0 Å². The average molecular weight is 158 g/mol. The van der Waals surface area contributed by atoms with E-state index in [0.29, 0.717) is 0 Å². The van der Waals surface area contributed by atoms with Crippen molar-refractivity contribution in [1.82, 2.24) is 0 Å². The number of epoxide rings is 1. The summed E-state index contributed by atoms with van der Waals surface area (Å²) in [5.41, 5.74) is 0. The molecule has 0 aromatic carbocycles. The second-order valence-electron chi connectivity index (χ2n) is 3.05. The summed E-state index contributed by atoms with van der Waals surface area (Å²) in [7, 11) is 0. The fourth-order valence-electron chi connectivity index (χ4n) is 1.42. The fraction of sp³-hybridized carbons (Fsp3) is 1.00. The maximum Gasteiger partial charge on any atom is 0.311 e. The molecule has 0 aromatic heterocycles. The minimum atomic E-state index is -0.603. The lowest BCUT2D eigenvalue weighted by molar-refractivity contribution is -0.232. The molecular formula is C8H14O3. The molecule has 2 saturated heterocycles. The Hall–Kier alpha value is -0.120. The van der Waals surface area contributed by atoms with Gasteiger partial charge in [-0.3, -0.25) is 0 Å². The first-order chi connectivity index (χ1) is 5.37. The van der Waals surface area contributed by atoms with Crippen LogP contribution in [0.25, 0.3) is 0 Å². The number of rotatable bonds is 3. The first-order valence-electron chi connectivity index (χ1n) is 4.33. The summed E-state index contributed by atoms with van der Waals surface area (Å²) in [5, 5.41) is 0. The Kier molecular flexibility index (Phi) is 1.87. The van der Waals surface area contributed by atoms with Crippen molar-refractivity contribution in [3.63, 3.8) is 0 Å². The summed E-state index contributed by atoms with van der Waals surface area (Å²) >= 11 is 0. The smallest absolute Gasteiger partial charge is 0.311 e. The molecule has 2 unspecified atom stereocenters. The monoisotopic (exact) mass is 158 g/mol. The Morgan fingerprint density at radius 2 is 2.55 bits per heavy atom. The molecule has 2 aliphatic rings. The van der Waals surface area contributed by atoms with Crippen molar-refractivity contribution in [2.75, 3.05) is 13.2 Å². The molecule has 0 spiro atoms. The molecule has 0 radical (unpaired) electrons. The van der Waals surface area contributed by atoms with Gasteiger partial charge in [0.1, 0.15) is 6.10 Å². The van der Waals surface area contributed by atoms with Crippen LogP contribution in [0.4, 0.5) is 0 Å². The summed E-state index contributed by atoms with van der Waals surface area (Å²) in [6.07, 6.45) is 3.43. The van der Waals surface area contributed by atoms with E-state index in [1.54, 1.807) is 0 Å². The molecule has 0 bridgehead atoms. The van der Waals surface area contributed by atoms with Crippen LogP contribution in [-0.2, 0) is 14.2 Å². The van der Waals surface area contributed by atoms with Crippen LogP contribution in [0.5, 0.6) is 0 Å². The number of hydrogen-bond acceptors (Lipinski definition) is 3. The number of hydrogen-bond donors (Lipinski definition) is 0. The van der Waals surface area contributed by atoms with E-state index in [0.717, 1.165) is 32.5 Å². The largest absolute Gasteiger partial charge is 0.325 e. The van der Waals surface area contributed by atoms with E-state index in [-0.39, 0.29) is 6.10 Å². The predicted octanol–water partition coefficient (Wildman–Crippen LogP) is 1.28. The molecule has 0 amide bonds. The van der Waals surface area contributed by atoms with E-state index in [1.165, 1.54) is 0 Å². The van der Waals surface area contributed by atoms with E-state index < -0.39 is 5.97 Å².